The Labute approximate surface area is 82.6 Å². The van der Waals surface area contributed by atoms with Gasteiger partial charge >= 0.3 is 0 Å². The second-order valence-corrected chi connectivity index (χ2v) is 4.44. The summed E-state index contributed by atoms with van der Waals surface area (Å²) in [6.07, 6.45) is 7.02. The molecule has 0 aromatic carbocycles. The number of nitrogens with zero attached hydrogens (tertiary/aromatic N) is 2. The lowest BCUT2D eigenvalue weighted by molar-refractivity contribution is 0.518. The van der Waals surface area contributed by atoms with Gasteiger partial charge in [-0.25, -0.2) is 0 Å². The highest BCUT2D eigenvalue weighted by Gasteiger charge is 2.14. The van der Waals surface area contributed by atoms with Gasteiger partial charge in [0.25, 0.3) is 0 Å². The number of anilines is 1. The molecule has 1 aromatic heterocycles. The normalized spacial score (nSPS) is 17.8. The van der Waals surface area contributed by atoms with E-state index in [2.05, 4.69) is 15.5 Å². The van der Waals surface area contributed by atoms with Crippen molar-refractivity contribution in [3.8, 4) is 0 Å². The van der Waals surface area contributed by atoms with Crippen LogP contribution in [0.15, 0.2) is 5.51 Å². The van der Waals surface area contributed by atoms with Crippen molar-refractivity contribution in [2.45, 2.75) is 32.1 Å². The Hall–Kier alpha value is -0.640. The number of rotatable bonds is 4. The summed E-state index contributed by atoms with van der Waals surface area (Å²) in [5.74, 6) is 0.959. The van der Waals surface area contributed by atoms with Crippen LogP contribution >= 0.6 is 11.3 Å². The van der Waals surface area contributed by atoms with E-state index in [0.717, 1.165) is 17.6 Å². The molecule has 1 saturated carbocycles. The second-order valence-electron chi connectivity index (χ2n) is 3.61. The molecular weight excluding hydrogens is 182 g/mol. The van der Waals surface area contributed by atoms with Crippen molar-refractivity contribution in [1.82, 2.24) is 10.2 Å². The fraction of sp³-hybridized carbons (Fsp3) is 0.778. The Morgan fingerprint density at radius 1 is 1.46 bits per heavy atom. The molecule has 1 heterocycles. The quantitative estimate of drug-likeness (QED) is 0.806. The lowest BCUT2D eigenvalue weighted by Crippen LogP contribution is -2.06. The third kappa shape index (κ3) is 2.66. The molecular formula is C9H15N3S. The molecule has 0 aliphatic heterocycles. The largest absolute Gasteiger partial charge is 0.360 e. The van der Waals surface area contributed by atoms with E-state index in [4.69, 9.17) is 0 Å². The average molecular weight is 197 g/mol. The van der Waals surface area contributed by atoms with Crippen molar-refractivity contribution >= 4 is 16.5 Å². The molecule has 4 heteroatoms. The fourth-order valence-electron chi connectivity index (χ4n) is 1.93. The van der Waals surface area contributed by atoms with Gasteiger partial charge < -0.3 is 5.32 Å². The minimum absolute atomic E-state index is 0.956. The van der Waals surface area contributed by atoms with Crippen LogP contribution in [0.2, 0.25) is 0 Å². The van der Waals surface area contributed by atoms with Crippen molar-refractivity contribution in [3.63, 3.8) is 0 Å². The summed E-state index contributed by atoms with van der Waals surface area (Å²) >= 11 is 1.57. The Balaban J connectivity index is 1.63. The smallest absolute Gasteiger partial charge is 0.205 e. The van der Waals surface area contributed by atoms with Crippen molar-refractivity contribution in [2.24, 2.45) is 5.92 Å². The standard InChI is InChI=1S/C9H15N3S/c1-2-4-8(3-1)5-6-10-9-12-11-7-13-9/h7-8H,1-6H2,(H,10,12). The van der Waals surface area contributed by atoms with Gasteiger partial charge in [0.2, 0.25) is 5.13 Å². The summed E-state index contributed by atoms with van der Waals surface area (Å²) in [6.45, 7) is 1.06. The van der Waals surface area contributed by atoms with Gasteiger partial charge in [-0.15, -0.1) is 10.2 Å². The van der Waals surface area contributed by atoms with E-state index in [9.17, 15) is 0 Å². The molecule has 0 amide bonds. The van der Waals surface area contributed by atoms with Crippen LogP contribution in [0.4, 0.5) is 5.13 Å². The monoisotopic (exact) mass is 197 g/mol. The summed E-state index contributed by atoms with van der Waals surface area (Å²) in [7, 11) is 0. The van der Waals surface area contributed by atoms with Crippen LogP contribution in [0.25, 0.3) is 0 Å². The molecule has 0 saturated heterocycles. The van der Waals surface area contributed by atoms with Gasteiger partial charge in [-0.1, -0.05) is 37.0 Å². The minimum atomic E-state index is 0.956. The maximum absolute atomic E-state index is 3.94. The third-order valence-electron chi connectivity index (χ3n) is 2.66. The number of aromatic nitrogens is 2. The van der Waals surface area contributed by atoms with Crippen molar-refractivity contribution in [3.05, 3.63) is 5.51 Å². The lowest BCUT2D eigenvalue weighted by atomic mass is 10.0. The van der Waals surface area contributed by atoms with Crippen LogP contribution in [0.5, 0.6) is 0 Å². The molecule has 72 valence electrons. The van der Waals surface area contributed by atoms with E-state index in [0.29, 0.717) is 0 Å². The van der Waals surface area contributed by atoms with Crippen LogP contribution < -0.4 is 5.32 Å². The first kappa shape index (κ1) is 8.94. The zero-order chi connectivity index (χ0) is 8.93. The molecule has 1 N–H and O–H groups in total. The predicted molar refractivity (Wildman–Crippen MR) is 55.0 cm³/mol. The average Bonchev–Trinajstić information content (AvgIpc) is 2.75. The number of nitrogens with one attached hydrogen (secondary N) is 1. The van der Waals surface area contributed by atoms with Gasteiger partial charge in [-0.2, -0.15) is 0 Å². The molecule has 0 spiro atoms. The van der Waals surface area contributed by atoms with E-state index in [1.807, 2.05) is 0 Å². The van der Waals surface area contributed by atoms with Gasteiger partial charge in [0.1, 0.15) is 5.51 Å². The molecule has 1 aliphatic rings. The molecule has 0 radical (unpaired) electrons. The van der Waals surface area contributed by atoms with Gasteiger partial charge in [0.05, 0.1) is 0 Å². The molecule has 1 aliphatic carbocycles. The maximum atomic E-state index is 3.94. The molecule has 0 bridgehead atoms. The van der Waals surface area contributed by atoms with Crippen LogP contribution in [-0.2, 0) is 0 Å². The molecule has 1 fully saturated rings. The number of hydrogen-bond acceptors (Lipinski definition) is 4. The third-order valence-corrected chi connectivity index (χ3v) is 3.31. The van der Waals surface area contributed by atoms with Crippen LogP contribution in [-0.4, -0.2) is 16.7 Å². The lowest BCUT2D eigenvalue weighted by Gasteiger charge is -2.07. The van der Waals surface area contributed by atoms with E-state index in [1.165, 1.54) is 32.1 Å². The summed E-state index contributed by atoms with van der Waals surface area (Å²) in [5, 5.41) is 12.0. The zero-order valence-corrected chi connectivity index (χ0v) is 8.52. The molecule has 3 nitrogen and oxygen atoms in total. The second kappa shape index (κ2) is 4.56. The van der Waals surface area contributed by atoms with E-state index in [1.54, 1.807) is 16.8 Å². The van der Waals surface area contributed by atoms with E-state index in [-0.39, 0.29) is 0 Å². The molecule has 13 heavy (non-hydrogen) atoms. The maximum Gasteiger partial charge on any atom is 0.205 e. The fourth-order valence-corrected chi connectivity index (χ4v) is 2.41. The van der Waals surface area contributed by atoms with Gasteiger partial charge in [0, 0.05) is 6.54 Å². The highest BCUT2D eigenvalue weighted by molar-refractivity contribution is 7.13. The molecule has 0 unspecified atom stereocenters. The molecule has 2 rings (SSSR count). The number of hydrogen-bond donors (Lipinski definition) is 1. The summed E-state index contributed by atoms with van der Waals surface area (Å²) < 4.78 is 0. The Morgan fingerprint density at radius 3 is 3.00 bits per heavy atom. The van der Waals surface area contributed by atoms with Gasteiger partial charge in [-0.05, 0) is 12.3 Å². The SMILES string of the molecule is c1nnc(NCCC2CCCC2)s1. The van der Waals surface area contributed by atoms with Crippen LogP contribution in [0.3, 0.4) is 0 Å². The topological polar surface area (TPSA) is 37.8 Å². The molecule has 1 aromatic rings. The Bertz CT molecular complexity index is 229. The van der Waals surface area contributed by atoms with Crippen LogP contribution in [0, 0.1) is 5.92 Å². The predicted octanol–water partition coefficient (Wildman–Crippen LogP) is 2.53. The van der Waals surface area contributed by atoms with Gasteiger partial charge in [0.15, 0.2) is 0 Å². The van der Waals surface area contributed by atoms with Crippen molar-refractivity contribution in [2.75, 3.05) is 11.9 Å². The first-order chi connectivity index (χ1) is 6.45. The van der Waals surface area contributed by atoms with Crippen LogP contribution in [0.1, 0.15) is 32.1 Å². The Morgan fingerprint density at radius 2 is 2.31 bits per heavy atom. The zero-order valence-electron chi connectivity index (χ0n) is 7.70. The first-order valence-electron chi connectivity index (χ1n) is 4.95. The molecule has 0 atom stereocenters. The van der Waals surface area contributed by atoms with Gasteiger partial charge in [-0.3, -0.25) is 0 Å². The van der Waals surface area contributed by atoms with E-state index < -0.39 is 0 Å². The van der Waals surface area contributed by atoms with Crippen molar-refractivity contribution < 1.29 is 0 Å². The van der Waals surface area contributed by atoms with E-state index >= 15 is 0 Å². The summed E-state index contributed by atoms with van der Waals surface area (Å²) in [4.78, 5) is 0. The summed E-state index contributed by atoms with van der Waals surface area (Å²) in [5.41, 5.74) is 1.76. The minimum Gasteiger partial charge on any atom is -0.360 e. The first-order valence-corrected chi connectivity index (χ1v) is 5.83. The Kier molecular flexibility index (Phi) is 3.13. The summed E-state index contributed by atoms with van der Waals surface area (Å²) in [6, 6.07) is 0. The van der Waals surface area contributed by atoms with Crippen molar-refractivity contribution in [1.29, 1.82) is 0 Å². The highest BCUT2D eigenvalue weighted by Crippen LogP contribution is 2.27. The highest BCUT2D eigenvalue weighted by atomic mass is 32.1.